The number of ketones is 3. The summed E-state index contributed by atoms with van der Waals surface area (Å²) in [5, 5.41) is 34.1. The van der Waals surface area contributed by atoms with E-state index < -0.39 is 35.2 Å². The van der Waals surface area contributed by atoms with E-state index in [-0.39, 0.29) is 19.3 Å². The van der Waals surface area contributed by atoms with Crippen molar-refractivity contribution in [2.45, 2.75) is 289 Å². The molecule has 0 amide bonds. The normalized spacial score (nSPS) is 14.1. The van der Waals surface area contributed by atoms with Gasteiger partial charge in [-0.1, -0.05) is 218 Å². The first kappa shape index (κ1) is 59.1. The number of hydrogen-bond donors (Lipinski definition) is 3. The molecule has 2 atom stereocenters. The molecule has 356 valence electrons. The summed E-state index contributed by atoms with van der Waals surface area (Å²) in [6.45, 7) is 5.55. The SMILES string of the molecule is CCCCCC=CCC=CCCCCCCCC(=O)C(O)(CO)C(O)(C(=O)CCCCCCCC=CCCCCCCCC)C(=O)CCCCCCCCCCCCCCC. The molecule has 0 aliphatic heterocycles. The van der Waals surface area contributed by atoms with E-state index in [2.05, 4.69) is 57.2 Å². The molecule has 0 aliphatic rings. The first-order chi connectivity index (χ1) is 29.8. The van der Waals surface area contributed by atoms with Crippen LogP contribution < -0.4 is 0 Å². The summed E-state index contributed by atoms with van der Waals surface area (Å²) in [7, 11) is 0. The van der Waals surface area contributed by atoms with Gasteiger partial charge in [0.2, 0.25) is 5.60 Å². The molecule has 0 radical (unpaired) electrons. The molecule has 0 aromatic rings. The smallest absolute Gasteiger partial charge is 0.219 e. The zero-order valence-corrected chi connectivity index (χ0v) is 40.5. The quantitative estimate of drug-likeness (QED) is 0.0319. The minimum atomic E-state index is -2.94. The van der Waals surface area contributed by atoms with Gasteiger partial charge in [-0.2, -0.15) is 0 Å². The van der Waals surface area contributed by atoms with Crippen LogP contribution in [0.1, 0.15) is 278 Å². The van der Waals surface area contributed by atoms with Crippen LogP contribution in [0.4, 0.5) is 0 Å². The van der Waals surface area contributed by atoms with Crippen molar-refractivity contribution in [2.75, 3.05) is 6.61 Å². The highest BCUT2D eigenvalue weighted by Crippen LogP contribution is 2.32. The topological polar surface area (TPSA) is 112 Å². The van der Waals surface area contributed by atoms with E-state index >= 15 is 0 Å². The zero-order chi connectivity index (χ0) is 45.0. The fraction of sp³-hybridized carbons (Fsp3) is 0.836. The van der Waals surface area contributed by atoms with Crippen LogP contribution in [0.15, 0.2) is 36.5 Å². The fourth-order valence-electron chi connectivity index (χ4n) is 8.35. The lowest BCUT2D eigenvalue weighted by atomic mass is 9.71. The Balaban J connectivity index is 4.99. The number of hydrogen-bond acceptors (Lipinski definition) is 6. The number of Topliss-reactive ketones (excluding diaryl/α,β-unsaturated/α-hetero) is 3. The van der Waals surface area contributed by atoms with Crippen molar-refractivity contribution >= 4 is 17.3 Å². The molecule has 0 spiro atoms. The van der Waals surface area contributed by atoms with Gasteiger partial charge in [0.1, 0.15) is 0 Å². The second kappa shape index (κ2) is 43.4. The first-order valence-electron chi connectivity index (χ1n) is 26.4. The third-order valence-corrected chi connectivity index (χ3v) is 12.6. The predicted molar refractivity (Wildman–Crippen MR) is 261 cm³/mol. The third-order valence-electron chi connectivity index (χ3n) is 12.6. The highest BCUT2D eigenvalue weighted by molar-refractivity contribution is 6.16. The van der Waals surface area contributed by atoms with Gasteiger partial charge in [0.15, 0.2) is 23.0 Å². The lowest BCUT2D eigenvalue weighted by Gasteiger charge is -2.39. The van der Waals surface area contributed by atoms with Gasteiger partial charge in [-0.05, 0) is 77.0 Å². The van der Waals surface area contributed by atoms with E-state index in [1.165, 1.54) is 109 Å². The number of rotatable bonds is 48. The molecule has 3 N–H and O–H groups in total. The maximum atomic E-state index is 13.8. The van der Waals surface area contributed by atoms with Gasteiger partial charge < -0.3 is 15.3 Å². The second-order valence-corrected chi connectivity index (χ2v) is 18.3. The average molecular weight is 857 g/mol. The molecule has 6 nitrogen and oxygen atoms in total. The van der Waals surface area contributed by atoms with Crippen molar-refractivity contribution in [3.8, 4) is 0 Å². The molecule has 0 saturated heterocycles. The molecular formula is C55H100O6. The van der Waals surface area contributed by atoms with E-state index in [9.17, 15) is 29.7 Å². The molecule has 2 unspecified atom stereocenters. The van der Waals surface area contributed by atoms with E-state index in [1.54, 1.807) is 0 Å². The molecule has 0 bridgehead atoms. The molecule has 0 rings (SSSR count). The van der Waals surface area contributed by atoms with Gasteiger partial charge in [0.05, 0.1) is 6.61 Å². The summed E-state index contributed by atoms with van der Waals surface area (Å²) in [4.78, 5) is 41.2. The molecule has 0 aromatic heterocycles. The van der Waals surface area contributed by atoms with Crippen LogP contribution in [0.25, 0.3) is 0 Å². The summed E-state index contributed by atoms with van der Waals surface area (Å²) in [5.41, 5.74) is -5.78. The molecule has 61 heavy (non-hydrogen) atoms. The number of carbonyl (C=O) groups is 3. The lowest BCUT2D eigenvalue weighted by molar-refractivity contribution is -0.194. The maximum absolute atomic E-state index is 13.8. The molecule has 0 saturated carbocycles. The predicted octanol–water partition coefficient (Wildman–Crippen LogP) is 15.5. The Hall–Kier alpha value is -1.89. The molecule has 0 aliphatic carbocycles. The Morgan fingerprint density at radius 1 is 0.344 bits per heavy atom. The largest absolute Gasteiger partial charge is 0.393 e. The second-order valence-electron chi connectivity index (χ2n) is 18.3. The summed E-state index contributed by atoms with van der Waals surface area (Å²) >= 11 is 0. The fourth-order valence-corrected chi connectivity index (χ4v) is 8.35. The van der Waals surface area contributed by atoms with Crippen LogP contribution in [-0.2, 0) is 14.4 Å². The number of carbonyl (C=O) groups excluding carboxylic acids is 3. The molecule has 6 heteroatoms. The maximum Gasteiger partial charge on any atom is 0.219 e. The average Bonchev–Trinajstić information content (AvgIpc) is 3.26. The minimum Gasteiger partial charge on any atom is -0.393 e. The van der Waals surface area contributed by atoms with E-state index in [0.717, 1.165) is 109 Å². The monoisotopic (exact) mass is 857 g/mol. The van der Waals surface area contributed by atoms with Crippen molar-refractivity contribution in [1.82, 2.24) is 0 Å². The van der Waals surface area contributed by atoms with E-state index in [4.69, 9.17) is 0 Å². The first-order valence-corrected chi connectivity index (χ1v) is 26.4. The summed E-state index contributed by atoms with van der Waals surface area (Å²) < 4.78 is 0. The highest BCUT2D eigenvalue weighted by Gasteiger charge is 2.62. The number of unbranched alkanes of at least 4 members (excludes halogenated alkanes) is 31. The van der Waals surface area contributed by atoms with Crippen LogP contribution in [0.3, 0.4) is 0 Å². The molecule has 0 heterocycles. The van der Waals surface area contributed by atoms with Crippen LogP contribution in [0.2, 0.25) is 0 Å². The van der Waals surface area contributed by atoms with Crippen molar-refractivity contribution in [1.29, 1.82) is 0 Å². The van der Waals surface area contributed by atoms with Crippen LogP contribution in [0.5, 0.6) is 0 Å². The highest BCUT2D eigenvalue weighted by atomic mass is 16.4. The van der Waals surface area contributed by atoms with Crippen LogP contribution in [-0.4, -0.2) is 50.5 Å². The van der Waals surface area contributed by atoms with Gasteiger partial charge in [0, 0.05) is 19.3 Å². The van der Waals surface area contributed by atoms with Gasteiger partial charge >= 0.3 is 0 Å². The van der Waals surface area contributed by atoms with Crippen LogP contribution in [0, 0.1) is 0 Å². The zero-order valence-electron chi connectivity index (χ0n) is 40.5. The molecule has 0 fully saturated rings. The van der Waals surface area contributed by atoms with Crippen LogP contribution >= 0.6 is 0 Å². The van der Waals surface area contributed by atoms with Crippen molar-refractivity contribution in [3.63, 3.8) is 0 Å². The van der Waals surface area contributed by atoms with Gasteiger partial charge in [-0.3, -0.25) is 14.4 Å². The Morgan fingerprint density at radius 2 is 0.590 bits per heavy atom. The standard InChI is InChI=1S/C55H100O6/c1-4-7-10-13-16-19-22-25-27-30-32-35-38-41-44-47-51(57)54(60,50-56)55(61,52(58)48-45-42-39-36-33-29-24-21-18-15-12-9-6-3)53(59)49-46-43-40-37-34-31-28-26-23-20-17-14-11-8-5-2/h16,19,25-28,56,60-61H,4-15,17-18,20-24,29-50H2,1-3H3. The van der Waals surface area contributed by atoms with E-state index in [1.807, 2.05) is 0 Å². The Morgan fingerprint density at radius 3 is 0.918 bits per heavy atom. The van der Waals surface area contributed by atoms with Gasteiger partial charge in [0.25, 0.3) is 0 Å². The lowest BCUT2D eigenvalue weighted by Crippen LogP contribution is -2.69. The van der Waals surface area contributed by atoms with Gasteiger partial charge in [-0.25, -0.2) is 0 Å². The Labute approximate surface area is 377 Å². The molecular weight excluding hydrogens is 757 g/mol. The van der Waals surface area contributed by atoms with E-state index in [0.29, 0.717) is 19.3 Å². The van der Waals surface area contributed by atoms with Crippen molar-refractivity contribution < 1.29 is 29.7 Å². The Kier molecular flexibility index (Phi) is 42.0. The summed E-state index contributed by atoms with van der Waals surface area (Å²) in [6, 6.07) is 0. The van der Waals surface area contributed by atoms with Crippen molar-refractivity contribution in [3.05, 3.63) is 36.5 Å². The number of aliphatic hydroxyl groups is 3. The van der Waals surface area contributed by atoms with Gasteiger partial charge in [-0.15, -0.1) is 0 Å². The minimum absolute atomic E-state index is 0.101. The van der Waals surface area contributed by atoms with Crippen molar-refractivity contribution in [2.24, 2.45) is 0 Å². The number of aliphatic hydroxyl groups excluding tert-OH is 1. The Bertz CT molecular complexity index is 1110. The summed E-state index contributed by atoms with van der Waals surface area (Å²) in [5.74, 6) is -2.49. The summed E-state index contributed by atoms with van der Waals surface area (Å²) in [6.07, 6.45) is 53.5. The number of allylic oxidation sites excluding steroid dienone is 6. The third kappa shape index (κ3) is 30.8. The molecule has 0 aromatic carbocycles.